The number of amides is 1. The lowest BCUT2D eigenvalue weighted by Gasteiger charge is -2.41. The number of hydrogen-bond acceptors (Lipinski definition) is 6. The van der Waals surface area contributed by atoms with Crippen LogP contribution in [0.3, 0.4) is 0 Å². The van der Waals surface area contributed by atoms with Crippen molar-refractivity contribution < 1.29 is 4.79 Å². The van der Waals surface area contributed by atoms with Crippen LogP contribution in [0.1, 0.15) is 61.9 Å². The zero-order valence-corrected chi connectivity index (χ0v) is 21.5. The molecular weight excluding hydrogens is 454 g/mol. The van der Waals surface area contributed by atoms with Gasteiger partial charge in [0.15, 0.2) is 0 Å². The van der Waals surface area contributed by atoms with Crippen LogP contribution in [0.15, 0.2) is 35.5 Å². The average Bonchev–Trinajstić information content (AvgIpc) is 3.38. The molecule has 180 valence electrons. The van der Waals surface area contributed by atoms with Crippen LogP contribution < -0.4 is 0 Å². The number of pyridine rings is 1. The minimum Gasteiger partial charge on any atom is -0.334 e. The Hall–Kier alpha value is -2.90. The first kappa shape index (κ1) is 22.6. The summed E-state index contributed by atoms with van der Waals surface area (Å²) >= 11 is 1.80. The third-order valence-corrected chi connectivity index (χ3v) is 8.61. The Morgan fingerprint density at radius 1 is 1.11 bits per heavy atom. The zero-order chi connectivity index (χ0) is 24.1. The summed E-state index contributed by atoms with van der Waals surface area (Å²) in [6.07, 6.45) is 4.55. The van der Waals surface area contributed by atoms with E-state index in [1.54, 1.807) is 11.3 Å². The van der Waals surface area contributed by atoms with Crippen LogP contribution in [0.4, 0.5) is 0 Å². The van der Waals surface area contributed by atoms with Crippen LogP contribution in [0, 0.1) is 20.8 Å². The number of piperidine rings is 1. The molecule has 35 heavy (non-hydrogen) atoms. The number of aliphatic imine (C=N–C) groups is 1. The minimum atomic E-state index is 0.262. The third kappa shape index (κ3) is 4.32. The molecule has 0 aliphatic carbocycles. The van der Waals surface area contributed by atoms with Crippen LogP contribution >= 0.6 is 11.3 Å². The summed E-state index contributed by atoms with van der Waals surface area (Å²) in [5.74, 6) is 0.262. The summed E-state index contributed by atoms with van der Waals surface area (Å²) in [5.41, 5.74) is 9.21. The number of benzene rings is 1. The summed E-state index contributed by atoms with van der Waals surface area (Å²) < 4.78 is 0. The van der Waals surface area contributed by atoms with Crippen LogP contribution in [0.5, 0.6) is 0 Å². The quantitative estimate of drug-likeness (QED) is 0.551. The summed E-state index contributed by atoms with van der Waals surface area (Å²) in [5, 5.41) is 1.13. The van der Waals surface area contributed by atoms with Gasteiger partial charge in [-0.25, -0.2) is 4.98 Å². The Morgan fingerprint density at radius 2 is 2.00 bits per heavy atom. The highest BCUT2D eigenvalue weighted by molar-refractivity contribution is 7.11. The van der Waals surface area contributed by atoms with Gasteiger partial charge in [0.1, 0.15) is 0 Å². The number of rotatable bonds is 4. The van der Waals surface area contributed by atoms with Crippen molar-refractivity contribution in [3.05, 3.63) is 79.6 Å². The smallest absolute Gasteiger partial charge is 0.227 e. The first-order chi connectivity index (χ1) is 16.9. The number of hydrogen-bond donors (Lipinski definition) is 0. The lowest BCUT2D eigenvalue weighted by atomic mass is 9.90. The van der Waals surface area contributed by atoms with Crippen molar-refractivity contribution in [2.75, 3.05) is 13.1 Å². The second-order valence-electron chi connectivity index (χ2n) is 10.1. The molecule has 0 spiro atoms. The van der Waals surface area contributed by atoms with Crippen molar-refractivity contribution in [2.24, 2.45) is 4.99 Å². The van der Waals surface area contributed by atoms with E-state index < -0.39 is 0 Å². The van der Waals surface area contributed by atoms with Gasteiger partial charge in [-0.1, -0.05) is 6.07 Å². The van der Waals surface area contributed by atoms with Crippen LogP contribution in [-0.2, 0) is 30.8 Å². The van der Waals surface area contributed by atoms with Crippen molar-refractivity contribution in [1.82, 2.24) is 19.8 Å². The van der Waals surface area contributed by atoms with Gasteiger partial charge in [-0.05, 0) is 75.0 Å². The van der Waals surface area contributed by atoms with E-state index in [0.29, 0.717) is 19.5 Å². The minimum absolute atomic E-state index is 0.262. The topological polar surface area (TPSA) is 61.7 Å². The molecule has 0 bridgehead atoms. The predicted octanol–water partition coefficient (Wildman–Crippen LogP) is 4.36. The molecule has 1 saturated heterocycles. The zero-order valence-electron chi connectivity index (χ0n) is 20.7. The first-order valence-corrected chi connectivity index (χ1v) is 13.3. The Kier molecular flexibility index (Phi) is 5.77. The molecule has 1 amide bonds. The van der Waals surface area contributed by atoms with E-state index in [9.17, 15) is 4.79 Å². The average molecular weight is 486 g/mol. The standard InChI is InChI=1S/C28H31N5OS/c1-17-9-20(6-7-29-17)28-25-11-23-14-33(27(34)12-21(23)10-22(25)13-30-28)24-5-4-8-32(15-24)16-26-18(2)31-19(3)35-26/h6-7,9-11,24H,4-5,8,12-16H2,1-3H3/t24-/m1/s1. The molecule has 6 rings (SSSR count). The Labute approximate surface area is 210 Å². The molecule has 0 saturated carbocycles. The van der Waals surface area contributed by atoms with Crippen molar-refractivity contribution in [3.8, 4) is 0 Å². The summed E-state index contributed by atoms with van der Waals surface area (Å²) in [6.45, 7) is 10.5. The van der Waals surface area contributed by atoms with E-state index in [2.05, 4.69) is 51.8 Å². The van der Waals surface area contributed by atoms with Gasteiger partial charge in [-0.15, -0.1) is 11.3 Å². The van der Waals surface area contributed by atoms with Gasteiger partial charge in [-0.2, -0.15) is 0 Å². The fraction of sp³-hybridized carbons (Fsp3) is 0.429. The largest absolute Gasteiger partial charge is 0.334 e. The fourth-order valence-corrected chi connectivity index (χ4v) is 6.79. The molecule has 1 atom stereocenters. The maximum absolute atomic E-state index is 13.3. The Morgan fingerprint density at radius 3 is 2.80 bits per heavy atom. The molecule has 6 nitrogen and oxygen atoms in total. The van der Waals surface area contributed by atoms with E-state index in [0.717, 1.165) is 60.1 Å². The maximum atomic E-state index is 13.3. The Bertz CT molecular complexity index is 1340. The van der Waals surface area contributed by atoms with Crippen LogP contribution in [0.25, 0.3) is 0 Å². The monoisotopic (exact) mass is 485 g/mol. The molecule has 0 radical (unpaired) electrons. The van der Waals surface area contributed by atoms with Gasteiger partial charge < -0.3 is 4.90 Å². The van der Waals surface area contributed by atoms with Crippen molar-refractivity contribution in [1.29, 1.82) is 0 Å². The van der Waals surface area contributed by atoms with E-state index >= 15 is 0 Å². The molecule has 3 aromatic rings. The molecule has 0 unspecified atom stereocenters. The number of fused-ring (bicyclic) bond motifs is 2. The first-order valence-electron chi connectivity index (χ1n) is 12.5. The number of nitrogens with zero attached hydrogens (tertiary/aromatic N) is 5. The molecule has 3 aliphatic heterocycles. The van der Waals surface area contributed by atoms with Crippen LogP contribution in [-0.4, -0.2) is 50.5 Å². The number of carbonyl (C=O) groups is 1. The molecule has 0 N–H and O–H groups in total. The predicted molar refractivity (Wildman–Crippen MR) is 139 cm³/mol. The van der Waals surface area contributed by atoms with E-state index in [-0.39, 0.29) is 11.9 Å². The fourth-order valence-electron chi connectivity index (χ4n) is 5.81. The van der Waals surface area contributed by atoms with Gasteiger partial charge in [0.2, 0.25) is 5.91 Å². The molecule has 2 aromatic heterocycles. The second-order valence-corrected chi connectivity index (χ2v) is 11.4. The number of carbonyl (C=O) groups excluding carboxylic acids is 1. The Balaban J connectivity index is 1.22. The summed E-state index contributed by atoms with van der Waals surface area (Å²) in [7, 11) is 0. The molecule has 1 aromatic carbocycles. The van der Waals surface area contributed by atoms with Crippen molar-refractivity contribution in [3.63, 3.8) is 0 Å². The molecule has 7 heteroatoms. The second kappa shape index (κ2) is 8.95. The van der Waals surface area contributed by atoms with E-state index in [1.165, 1.54) is 27.1 Å². The van der Waals surface area contributed by atoms with Crippen molar-refractivity contribution in [2.45, 2.75) is 65.7 Å². The number of aromatic nitrogens is 2. The third-order valence-electron chi connectivity index (χ3n) is 7.55. The highest BCUT2D eigenvalue weighted by Crippen LogP contribution is 2.32. The SMILES string of the molecule is Cc1cc(C2=NCc3cc4c(cc32)CN([C@@H]2CCCN(Cc3sc(C)nc3C)C2)C(=O)C4)ccn1. The van der Waals surface area contributed by atoms with E-state index in [4.69, 9.17) is 4.99 Å². The van der Waals surface area contributed by atoms with Gasteiger partial charge in [-0.3, -0.25) is 19.7 Å². The molecule has 5 heterocycles. The van der Waals surface area contributed by atoms with E-state index in [1.807, 2.05) is 19.2 Å². The van der Waals surface area contributed by atoms with Gasteiger partial charge in [0.05, 0.1) is 29.4 Å². The maximum Gasteiger partial charge on any atom is 0.227 e. The number of aryl methyl sites for hydroxylation is 3. The number of likely N-dealkylation sites (tertiary alicyclic amines) is 1. The van der Waals surface area contributed by atoms with Gasteiger partial charge in [0, 0.05) is 53.6 Å². The van der Waals surface area contributed by atoms with Gasteiger partial charge in [0.25, 0.3) is 0 Å². The molecule has 3 aliphatic rings. The highest BCUT2D eigenvalue weighted by atomic mass is 32.1. The van der Waals surface area contributed by atoms with Gasteiger partial charge >= 0.3 is 0 Å². The lowest BCUT2D eigenvalue weighted by Crippen LogP contribution is -2.51. The molecular formula is C28H31N5OS. The normalized spacial score (nSPS) is 20.1. The summed E-state index contributed by atoms with van der Waals surface area (Å²) in [6, 6.07) is 8.94. The molecule has 1 fully saturated rings. The van der Waals surface area contributed by atoms with Crippen LogP contribution in [0.2, 0.25) is 0 Å². The van der Waals surface area contributed by atoms with Crippen molar-refractivity contribution >= 4 is 23.0 Å². The highest BCUT2D eigenvalue weighted by Gasteiger charge is 2.33. The number of thiazole rings is 1. The lowest BCUT2D eigenvalue weighted by molar-refractivity contribution is -0.135. The summed E-state index contributed by atoms with van der Waals surface area (Å²) in [4.78, 5) is 33.1.